The van der Waals surface area contributed by atoms with Crippen molar-refractivity contribution in [3.05, 3.63) is 35.3 Å². The number of rotatable bonds is 7. The van der Waals surface area contributed by atoms with Crippen molar-refractivity contribution in [1.29, 1.82) is 0 Å². The van der Waals surface area contributed by atoms with E-state index in [4.69, 9.17) is 9.84 Å². The summed E-state index contributed by atoms with van der Waals surface area (Å²) in [5, 5.41) is 11.2. The van der Waals surface area contributed by atoms with E-state index in [2.05, 4.69) is 4.98 Å². The average molecular weight is 334 g/mol. The zero-order valence-electron chi connectivity index (χ0n) is 13.0. The number of carboxylic acids is 1. The number of aromatic nitrogens is 1. The number of likely N-dealkylation sites (N-methyl/N-ethyl adjacent to an activating group) is 1. The highest BCUT2D eigenvalue weighted by molar-refractivity contribution is 7.13. The largest absolute Gasteiger partial charge is 0.494 e. The Hall–Kier alpha value is -2.41. The molecule has 2 aromatic rings. The number of nitrogens with zero attached hydrogens (tertiary/aromatic N) is 2. The molecule has 0 spiro atoms. The van der Waals surface area contributed by atoms with Gasteiger partial charge in [0, 0.05) is 17.5 Å². The van der Waals surface area contributed by atoms with Crippen LogP contribution in [-0.2, 0) is 4.79 Å². The zero-order chi connectivity index (χ0) is 16.8. The number of hydrogen-bond donors (Lipinski definition) is 1. The third kappa shape index (κ3) is 4.29. The quantitative estimate of drug-likeness (QED) is 0.842. The van der Waals surface area contributed by atoms with E-state index in [1.165, 1.54) is 16.2 Å². The standard InChI is InChI=1S/C16H18N2O4S/c1-3-18(9-14(19)20)16(21)13-10-23-15(17-13)11-5-7-12(8-6-11)22-4-2/h5-8,10H,3-4,9H2,1-2H3,(H,19,20). The van der Waals surface area contributed by atoms with Gasteiger partial charge in [0.05, 0.1) is 6.61 Å². The van der Waals surface area contributed by atoms with E-state index in [-0.39, 0.29) is 18.1 Å². The normalized spacial score (nSPS) is 10.3. The first-order valence-corrected chi connectivity index (χ1v) is 8.13. The highest BCUT2D eigenvalue weighted by atomic mass is 32.1. The molecule has 0 fully saturated rings. The number of benzene rings is 1. The van der Waals surface area contributed by atoms with Crippen LogP contribution in [0, 0.1) is 0 Å². The minimum absolute atomic E-state index is 0.266. The van der Waals surface area contributed by atoms with Gasteiger partial charge in [0.2, 0.25) is 0 Å². The Kier molecular flexibility index (Phi) is 5.70. The van der Waals surface area contributed by atoms with Crippen LogP contribution < -0.4 is 4.74 Å². The Bertz CT molecular complexity index is 682. The second-order valence-corrected chi connectivity index (χ2v) is 5.57. The van der Waals surface area contributed by atoms with Gasteiger partial charge >= 0.3 is 5.97 Å². The molecule has 23 heavy (non-hydrogen) atoms. The Morgan fingerprint density at radius 2 is 1.96 bits per heavy atom. The monoisotopic (exact) mass is 334 g/mol. The lowest BCUT2D eigenvalue weighted by molar-refractivity contribution is -0.137. The van der Waals surface area contributed by atoms with E-state index >= 15 is 0 Å². The van der Waals surface area contributed by atoms with Crippen LogP contribution in [0.1, 0.15) is 24.3 Å². The molecule has 122 valence electrons. The predicted molar refractivity (Wildman–Crippen MR) is 87.9 cm³/mol. The lowest BCUT2D eigenvalue weighted by atomic mass is 10.2. The van der Waals surface area contributed by atoms with Crippen LogP contribution in [0.15, 0.2) is 29.6 Å². The van der Waals surface area contributed by atoms with Gasteiger partial charge in [-0.05, 0) is 38.1 Å². The molecule has 0 radical (unpaired) electrons. The van der Waals surface area contributed by atoms with Crippen LogP contribution in [0.3, 0.4) is 0 Å². The minimum atomic E-state index is -1.04. The maximum Gasteiger partial charge on any atom is 0.323 e. The maximum absolute atomic E-state index is 12.3. The number of carbonyl (C=O) groups excluding carboxylic acids is 1. The Morgan fingerprint density at radius 1 is 1.26 bits per heavy atom. The highest BCUT2D eigenvalue weighted by Crippen LogP contribution is 2.26. The molecule has 0 unspecified atom stereocenters. The van der Waals surface area contributed by atoms with Crippen LogP contribution in [0.25, 0.3) is 10.6 Å². The third-order valence-electron chi connectivity index (χ3n) is 3.13. The second-order valence-electron chi connectivity index (χ2n) is 4.71. The lowest BCUT2D eigenvalue weighted by Gasteiger charge is -2.16. The topological polar surface area (TPSA) is 79.7 Å². The summed E-state index contributed by atoms with van der Waals surface area (Å²) in [5.41, 5.74) is 1.15. The summed E-state index contributed by atoms with van der Waals surface area (Å²) < 4.78 is 5.39. The molecule has 0 aliphatic heterocycles. The summed E-state index contributed by atoms with van der Waals surface area (Å²) in [5.74, 6) is -0.631. The Balaban J connectivity index is 2.16. The van der Waals surface area contributed by atoms with E-state index in [9.17, 15) is 9.59 Å². The van der Waals surface area contributed by atoms with Gasteiger partial charge in [0.15, 0.2) is 0 Å². The fraction of sp³-hybridized carbons (Fsp3) is 0.312. The number of hydrogen-bond acceptors (Lipinski definition) is 5. The third-order valence-corrected chi connectivity index (χ3v) is 4.02. The first kappa shape index (κ1) is 17.0. The van der Waals surface area contributed by atoms with E-state index in [0.717, 1.165) is 11.3 Å². The molecule has 2 rings (SSSR count). The van der Waals surface area contributed by atoms with Crippen molar-refractivity contribution in [2.75, 3.05) is 19.7 Å². The molecule has 7 heteroatoms. The van der Waals surface area contributed by atoms with Gasteiger partial charge in [0.1, 0.15) is 23.0 Å². The van der Waals surface area contributed by atoms with Crippen molar-refractivity contribution in [3.8, 4) is 16.3 Å². The van der Waals surface area contributed by atoms with E-state index < -0.39 is 5.97 Å². The van der Waals surface area contributed by atoms with Crippen molar-refractivity contribution < 1.29 is 19.4 Å². The van der Waals surface area contributed by atoms with Gasteiger partial charge < -0.3 is 14.7 Å². The molecule has 6 nitrogen and oxygen atoms in total. The van der Waals surface area contributed by atoms with Crippen LogP contribution in [0.4, 0.5) is 0 Å². The molecule has 0 saturated heterocycles. The number of thiazole rings is 1. The van der Waals surface area contributed by atoms with E-state index in [1.54, 1.807) is 12.3 Å². The predicted octanol–water partition coefficient (Wildman–Crippen LogP) is 2.76. The number of amides is 1. The fourth-order valence-electron chi connectivity index (χ4n) is 2.02. The molecule has 1 amide bonds. The van der Waals surface area contributed by atoms with E-state index in [1.807, 2.05) is 31.2 Å². The van der Waals surface area contributed by atoms with Crippen LogP contribution in [-0.4, -0.2) is 46.6 Å². The van der Waals surface area contributed by atoms with E-state index in [0.29, 0.717) is 18.2 Å². The summed E-state index contributed by atoms with van der Waals surface area (Å²) in [7, 11) is 0. The molecule has 0 saturated carbocycles. The number of ether oxygens (including phenoxy) is 1. The fourth-order valence-corrected chi connectivity index (χ4v) is 2.82. The van der Waals surface area contributed by atoms with Crippen LogP contribution >= 0.6 is 11.3 Å². The minimum Gasteiger partial charge on any atom is -0.494 e. The number of carboxylic acid groups (broad SMARTS) is 1. The van der Waals surface area contributed by atoms with Crippen molar-refractivity contribution in [1.82, 2.24) is 9.88 Å². The Morgan fingerprint density at radius 3 is 2.52 bits per heavy atom. The molecule has 1 aromatic carbocycles. The molecule has 1 aromatic heterocycles. The Labute approximate surface area is 138 Å². The lowest BCUT2D eigenvalue weighted by Crippen LogP contribution is -2.35. The molecule has 0 bridgehead atoms. The van der Waals surface area contributed by atoms with Crippen LogP contribution in [0.2, 0.25) is 0 Å². The van der Waals surface area contributed by atoms with Gasteiger partial charge in [-0.2, -0.15) is 0 Å². The molecule has 1 heterocycles. The first-order valence-electron chi connectivity index (χ1n) is 7.25. The molecule has 0 atom stereocenters. The summed E-state index contributed by atoms with van der Waals surface area (Å²) >= 11 is 1.35. The number of carbonyl (C=O) groups is 2. The van der Waals surface area contributed by atoms with Gasteiger partial charge in [-0.15, -0.1) is 11.3 Å². The molecule has 0 aliphatic carbocycles. The van der Waals surface area contributed by atoms with Crippen LogP contribution in [0.5, 0.6) is 5.75 Å². The summed E-state index contributed by atoms with van der Waals surface area (Å²) in [6.07, 6.45) is 0. The summed E-state index contributed by atoms with van der Waals surface area (Å²) in [4.78, 5) is 28.6. The maximum atomic E-state index is 12.3. The summed E-state index contributed by atoms with van der Waals surface area (Å²) in [6, 6.07) is 7.47. The molecular weight excluding hydrogens is 316 g/mol. The van der Waals surface area contributed by atoms with Crippen molar-refractivity contribution in [3.63, 3.8) is 0 Å². The van der Waals surface area contributed by atoms with Crippen molar-refractivity contribution in [2.45, 2.75) is 13.8 Å². The van der Waals surface area contributed by atoms with Crippen molar-refractivity contribution in [2.24, 2.45) is 0 Å². The molecule has 0 aliphatic rings. The first-order chi connectivity index (χ1) is 11.0. The smallest absolute Gasteiger partial charge is 0.323 e. The second kappa shape index (κ2) is 7.73. The molecular formula is C16H18N2O4S. The van der Waals surface area contributed by atoms with Gasteiger partial charge in [0.25, 0.3) is 5.91 Å². The van der Waals surface area contributed by atoms with Gasteiger partial charge in [-0.3, -0.25) is 9.59 Å². The SMILES string of the molecule is CCOc1ccc(-c2nc(C(=O)N(CC)CC(=O)O)cs2)cc1. The van der Waals surface area contributed by atoms with Gasteiger partial charge in [-0.25, -0.2) is 4.98 Å². The molecule has 1 N–H and O–H groups in total. The zero-order valence-corrected chi connectivity index (χ0v) is 13.8. The number of aliphatic carboxylic acids is 1. The summed E-state index contributed by atoms with van der Waals surface area (Å²) in [6.45, 7) is 4.25. The van der Waals surface area contributed by atoms with Gasteiger partial charge in [-0.1, -0.05) is 0 Å². The average Bonchev–Trinajstić information content (AvgIpc) is 3.02. The van der Waals surface area contributed by atoms with Crippen molar-refractivity contribution >= 4 is 23.2 Å². The highest BCUT2D eigenvalue weighted by Gasteiger charge is 2.20.